The van der Waals surface area contributed by atoms with E-state index in [9.17, 15) is 5.11 Å². The number of aliphatic hydroxyl groups is 1. The Labute approximate surface area is 137 Å². The van der Waals surface area contributed by atoms with Crippen molar-refractivity contribution in [1.82, 2.24) is 20.0 Å². The number of para-hydroxylation sites is 1. The second kappa shape index (κ2) is 6.05. The molecule has 1 aromatic carbocycles. The van der Waals surface area contributed by atoms with E-state index >= 15 is 0 Å². The maximum absolute atomic E-state index is 10.6. The summed E-state index contributed by atoms with van der Waals surface area (Å²) < 4.78 is 3.14. The third kappa shape index (κ3) is 2.90. The zero-order valence-electron chi connectivity index (χ0n) is 10.7. The van der Waals surface area contributed by atoms with Gasteiger partial charge in [0, 0.05) is 15.1 Å². The molecule has 0 aliphatic carbocycles. The highest BCUT2D eigenvalue weighted by molar-refractivity contribution is 9.11. The number of pyridine rings is 1. The van der Waals surface area contributed by atoms with E-state index in [2.05, 4.69) is 47.2 Å². The van der Waals surface area contributed by atoms with E-state index in [4.69, 9.17) is 0 Å². The smallest absolute Gasteiger partial charge is 0.141 e. The average molecular weight is 410 g/mol. The molecule has 106 valence electrons. The molecule has 1 N–H and O–H groups in total. The molecule has 0 saturated heterocycles. The zero-order chi connectivity index (χ0) is 14.8. The van der Waals surface area contributed by atoms with Gasteiger partial charge in [0.2, 0.25) is 0 Å². The molecule has 0 bridgehead atoms. The van der Waals surface area contributed by atoms with Gasteiger partial charge < -0.3 is 5.11 Å². The fraction of sp³-hybridized carbons (Fsp3) is 0.0714. The van der Waals surface area contributed by atoms with Crippen molar-refractivity contribution in [2.45, 2.75) is 6.10 Å². The molecule has 0 amide bonds. The van der Waals surface area contributed by atoms with Gasteiger partial charge in [0.25, 0.3) is 0 Å². The lowest BCUT2D eigenvalue weighted by Crippen LogP contribution is -2.10. The average Bonchev–Trinajstić information content (AvgIpc) is 2.97. The molecule has 2 aromatic heterocycles. The van der Waals surface area contributed by atoms with E-state index in [0.717, 1.165) is 10.2 Å². The molecule has 1 unspecified atom stereocenters. The molecule has 0 radical (unpaired) electrons. The first-order valence-electron chi connectivity index (χ1n) is 6.12. The van der Waals surface area contributed by atoms with Crippen LogP contribution < -0.4 is 0 Å². The van der Waals surface area contributed by atoms with Crippen LogP contribution in [0.3, 0.4) is 0 Å². The van der Waals surface area contributed by atoms with Crippen molar-refractivity contribution in [3.8, 4) is 5.69 Å². The highest BCUT2D eigenvalue weighted by atomic mass is 79.9. The minimum atomic E-state index is -0.928. The monoisotopic (exact) mass is 408 g/mol. The number of aromatic nitrogens is 4. The summed E-state index contributed by atoms with van der Waals surface area (Å²) in [5.41, 5.74) is 1.90. The Morgan fingerprint density at radius 1 is 1.10 bits per heavy atom. The van der Waals surface area contributed by atoms with Crippen LogP contribution in [0.15, 0.2) is 57.7 Å². The molecule has 7 heteroatoms. The molecule has 0 aliphatic heterocycles. The lowest BCUT2D eigenvalue weighted by atomic mass is 10.1. The van der Waals surface area contributed by atoms with E-state index in [1.54, 1.807) is 10.9 Å². The maximum atomic E-state index is 10.6. The molecule has 3 rings (SSSR count). The third-order valence-electron chi connectivity index (χ3n) is 2.95. The number of halogens is 2. The Bertz CT molecular complexity index is 761. The number of hydrogen-bond acceptors (Lipinski definition) is 4. The van der Waals surface area contributed by atoms with Gasteiger partial charge in [0.05, 0.1) is 23.3 Å². The highest BCUT2D eigenvalue weighted by Gasteiger charge is 2.21. The van der Waals surface area contributed by atoms with E-state index in [-0.39, 0.29) is 0 Å². The van der Waals surface area contributed by atoms with Gasteiger partial charge in [-0.1, -0.05) is 23.4 Å². The van der Waals surface area contributed by atoms with Crippen LogP contribution in [0.4, 0.5) is 0 Å². The van der Waals surface area contributed by atoms with Crippen molar-refractivity contribution in [1.29, 1.82) is 0 Å². The zero-order valence-corrected chi connectivity index (χ0v) is 13.9. The van der Waals surface area contributed by atoms with E-state index in [1.807, 2.05) is 36.4 Å². The number of aliphatic hydroxyl groups excluding tert-OH is 1. The first kappa shape index (κ1) is 14.4. The van der Waals surface area contributed by atoms with Crippen molar-refractivity contribution in [2.24, 2.45) is 0 Å². The number of rotatable bonds is 3. The molecule has 21 heavy (non-hydrogen) atoms. The summed E-state index contributed by atoms with van der Waals surface area (Å²) in [6, 6.07) is 11.4. The Morgan fingerprint density at radius 3 is 2.57 bits per heavy atom. The van der Waals surface area contributed by atoms with Crippen molar-refractivity contribution in [3.05, 3.63) is 69.1 Å². The van der Waals surface area contributed by atoms with E-state index in [1.165, 1.54) is 6.20 Å². The van der Waals surface area contributed by atoms with Crippen LogP contribution in [0.1, 0.15) is 17.5 Å². The summed E-state index contributed by atoms with van der Waals surface area (Å²) in [6.07, 6.45) is 2.25. The first-order chi connectivity index (χ1) is 10.2. The summed E-state index contributed by atoms with van der Waals surface area (Å²) in [5.74, 6) is 0. The Hall–Kier alpha value is -1.57. The molecule has 5 nitrogen and oxygen atoms in total. The Balaban J connectivity index is 2.03. The number of hydrogen-bond donors (Lipinski definition) is 1. The summed E-state index contributed by atoms with van der Waals surface area (Å²) in [6.45, 7) is 0. The van der Waals surface area contributed by atoms with Gasteiger partial charge in [-0.05, 0) is 50.1 Å². The van der Waals surface area contributed by atoms with Gasteiger partial charge in [-0.15, -0.1) is 5.10 Å². The van der Waals surface area contributed by atoms with Crippen molar-refractivity contribution >= 4 is 31.9 Å². The number of benzene rings is 1. The molecule has 1 atom stereocenters. The van der Waals surface area contributed by atoms with E-state index in [0.29, 0.717) is 15.9 Å². The third-order valence-corrected chi connectivity index (χ3v) is 4.02. The second-order valence-electron chi connectivity index (χ2n) is 4.33. The van der Waals surface area contributed by atoms with Crippen molar-refractivity contribution in [2.75, 3.05) is 0 Å². The van der Waals surface area contributed by atoms with Crippen LogP contribution in [-0.4, -0.2) is 25.1 Å². The van der Waals surface area contributed by atoms with Crippen LogP contribution in [0, 0.1) is 0 Å². The predicted octanol–water partition coefficient (Wildman–Crippen LogP) is 3.27. The molecule has 0 fully saturated rings. The molecular formula is C14H10Br2N4O. The van der Waals surface area contributed by atoms with Gasteiger partial charge in [0.1, 0.15) is 6.10 Å². The normalized spacial score (nSPS) is 12.3. The predicted molar refractivity (Wildman–Crippen MR) is 85.1 cm³/mol. The first-order valence-corrected chi connectivity index (χ1v) is 7.70. The quantitative estimate of drug-likeness (QED) is 0.720. The summed E-state index contributed by atoms with van der Waals surface area (Å²) in [4.78, 5) is 4.26. The van der Waals surface area contributed by atoms with Crippen molar-refractivity contribution < 1.29 is 5.11 Å². The topological polar surface area (TPSA) is 63.8 Å². The highest BCUT2D eigenvalue weighted by Crippen LogP contribution is 2.29. The minimum Gasteiger partial charge on any atom is -0.380 e. The molecule has 3 aromatic rings. The minimum absolute atomic E-state index is 0.512. The SMILES string of the molecule is OC(c1ncc(Br)cc1Br)c1cnnn1-c1ccccc1. The summed E-state index contributed by atoms with van der Waals surface area (Å²) >= 11 is 6.75. The van der Waals surface area contributed by atoms with Crippen LogP contribution >= 0.6 is 31.9 Å². The lowest BCUT2D eigenvalue weighted by Gasteiger charge is -2.13. The van der Waals surface area contributed by atoms with Gasteiger partial charge in [0.15, 0.2) is 0 Å². The largest absolute Gasteiger partial charge is 0.380 e. The van der Waals surface area contributed by atoms with Crippen LogP contribution in [-0.2, 0) is 0 Å². The van der Waals surface area contributed by atoms with Gasteiger partial charge in [-0.2, -0.15) is 0 Å². The molecule has 2 heterocycles. The molecule has 0 saturated carbocycles. The lowest BCUT2D eigenvalue weighted by molar-refractivity contribution is 0.206. The standard InChI is InChI=1S/C14H10Br2N4O/c15-9-6-11(16)13(17-7-9)14(21)12-8-18-19-20(12)10-4-2-1-3-5-10/h1-8,14,21H. The fourth-order valence-corrected chi connectivity index (χ4v) is 3.17. The van der Waals surface area contributed by atoms with Gasteiger partial charge in [-0.3, -0.25) is 4.98 Å². The summed E-state index contributed by atoms with van der Waals surface area (Å²) in [5, 5.41) is 18.5. The molecule has 0 spiro atoms. The second-order valence-corrected chi connectivity index (χ2v) is 6.10. The van der Waals surface area contributed by atoms with Gasteiger partial charge in [-0.25, -0.2) is 4.68 Å². The van der Waals surface area contributed by atoms with Gasteiger partial charge >= 0.3 is 0 Å². The fourth-order valence-electron chi connectivity index (χ4n) is 1.97. The van der Waals surface area contributed by atoms with Crippen LogP contribution in [0.5, 0.6) is 0 Å². The van der Waals surface area contributed by atoms with E-state index < -0.39 is 6.10 Å². The maximum Gasteiger partial charge on any atom is 0.141 e. The summed E-state index contributed by atoms with van der Waals surface area (Å²) in [7, 11) is 0. The van der Waals surface area contributed by atoms with Crippen LogP contribution in [0.25, 0.3) is 5.69 Å². The van der Waals surface area contributed by atoms with Crippen LogP contribution in [0.2, 0.25) is 0 Å². The Kier molecular flexibility index (Phi) is 4.14. The molecule has 0 aliphatic rings. The van der Waals surface area contributed by atoms with Crippen molar-refractivity contribution in [3.63, 3.8) is 0 Å². The number of nitrogens with zero attached hydrogens (tertiary/aromatic N) is 4. The molecular weight excluding hydrogens is 400 g/mol. The Morgan fingerprint density at radius 2 is 1.86 bits per heavy atom.